The monoisotopic (exact) mass is 364 g/mol. The fourth-order valence-electron chi connectivity index (χ4n) is 2.38. The number of nitro benzene ring substituents is 1. The zero-order chi connectivity index (χ0) is 17.3. The van der Waals surface area contributed by atoms with Crippen LogP contribution in [0.3, 0.4) is 0 Å². The van der Waals surface area contributed by atoms with Gasteiger partial charge in [-0.1, -0.05) is 40.5 Å². The highest BCUT2D eigenvalue weighted by Gasteiger charge is 2.25. The Hall–Kier alpha value is -2.41. The van der Waals surface area contributed by atoms with E-state index in [4.69, 9.17) is 27.7 Å². The van der Waals surface area contributed by atoms with E-state index in [1.165, 1.54) is 6.07 Å². The molecule has 3 aromatic rings. The normalized spacial score (nSPS) is 10.8. The third-order valence-electron chi connectivity index (χ3n) is 3.48. The number of halogens is 2. The van der Waals surface area contributed by atoms with Crippen LogP contribution >= 0.6 is 23.2 Å². The van der Waals surface area contributed by atoms with E-state index in [9.17, 15) is 15.2 Å². The molecule has 0 spiro atoms. The van der Waals surface area contributed by atoms with E-state index in [0.717, 1.165) is 0 Å². The highest BCUT2D eigenvalue weighted by molar-refractivity contribution is 6.35. The molecule has 0 atom stereocenters. The van der Waals surface area contributed by atoms with Crippen molar-refractivity contribution in [3.63, 3.8) is 0 Å². The minimum Gasteiger partial charge on any atom is -0.391 e. The van der Waals surface area contributed by atoms with Gasteiger partial charge in [-0.05, 0) is 24.3 Å². The first-order valence-corrected chi connectivity index (χ1v) is 7.57. The fraction of sp³-hybridized carbons (Fsp3) is 0.0625. The Kier molecular flexibility index (Phi) is 4.53. The molecule has 2 aromatic carbocycles. The third kappa shape index (κ3) is 2.87. The molecule has 3 rings (SSSR count). The van der Waals surface area contributed by atoms with Crippen molar-refractivity contribution in [2.24, 2.45) is 0 Å². The first-order valence-electron chi connectivity index (χ1n) is 6.81. The van der Waals surface area contributed by atoms with Crippen LogP contribution in [0.25, 0.3) is 22.6 Å². The Morgan fingerprint density at radius 2 is 1.92 bits per heavy atom. The molecule has 0 aliphatic rings. The first kappa shape index (κ1) is 16.4. The Balaban J connectivity index is 2.22. The topological polar surface area (TPSA) is 89.4 Å². The molecule has 0 amide bonds. The van der Waals surface area contributed by atoms with Crippen LogP contribution in [0, 0.1) is 10.1 Å². The van der Waals surface area contributed by atoms with Crippen LogP contribution < -0.4 is 0 Å². The summed E-state index contributed by atoms with van der Waals surface area (Å²) < 4.78 is 5.32. The van der Waals surface area contributed by atoms with Crippen molar-refractivity contribution >= 4 is 28.9 Å². The van der Waals surface area contributed by atoms with Gasteiger partial charge in [0.2, 0.25) is 0 Å². The second-order valence-electron chi connectivity index (χ2n) is 4.90. The summed E-state index contributed by atoms with van der Waals surface area (Å²) in [7, 11) is 0. The van der Waals surface area contributed by atoms with Crippen molar-refractivity contribution in [3.8, 4) is 22.6 Å². The molecule has 0 unspecified atom stereocenters. The van der Waals surface area contributed by atoms with Gasteiger partial charge in [-0.2, -0.15) is 0 Å². The van der Waals surface area contributed by atoms with Crippen LogP contribution in [0.2, 0.25) is 10.0 Å². The van der Waals surface area contributed by atoms with Crippen molar-refractivity contribution in [2.75, 3.05) is 0 Å². The van der Waals surface area contributed by atoms with Crippen LogP contribution in [0.4, 0.5) is 5.69 Å². The van der Waals surface area contributed by atoms with Gasteiger partial charge in [-0.25, -0.2) is 0 Å². The molecule has 0 bridgehead atoms. The molecule has 0 saturated heterocycles. The van der Waals surface area contributed by atoms with E-state index in [1.807, 2.05) is 0 Å². The molecular formula is C16H10Cl2N2O4. The van der Waals surface area contributed by atoms with Crippen LogP contribution in [0.5, 0.6) is 0 Å². The van der Waals surface area contributed by atoms with Gasteiger partial charge in [-0.3, -0.25) is 10.1 Å². The molecule has 0 saturated carbocycles. The lowest BCUT2D eigenvalue weighted by Crippen LogP contribution is -1.95. The number of hydrogen-bond acceptors (Lipinski definition) is 5. The predicted molar refractivity (Wildman–Crippen MR) is 90.0 cm³/mol. The lowest BCUT2D eigenvalue weighted by molar-refractivity contribution is -0.384. The second-order valence-corrected chi connectivity index (χ2v) is 5.74. The number of aliphatic hydroxyl groups excluding tert-OH is 1. The average Bonchev–Trinajstić information content (AvgIpc) is 3.00. The van der Waals surface area contributed by atoms with E-state index in [2.05, 4.69) is 5.16 Å². The fourth-order valence-corrected chi connectivity index (χ4v) is 2.76. The summed E-state index contributed by atoms with van der Waals surface area (Å²) in [4.78, 5) is 10.7. The number of aliphatic hydroxyl groups is 1. The Morgan fingerprint density at radius 1 is 1.17 bits per heavy atom. The summed E-state index contributed by atoms with van der Waals surface area (Å²) >= 11 is 12.1. The van der Waals surface area contributed by atoms with Crippen LogP contribution in [-0.4, -0.2) is 15.2 Å². The largest absolute Gasteiger partial charge is 0.391 e. The average molecular weight is 365 g/mol. The molecule has 1 N–H and O–H groups in total. The molecule has 0 aliphatic carbocycles. The Labute approximate surface area is 146 Å². The number of nitro groups is 1. The summed E-state index contributed by atoms with van der Waals surface area (Å²) in [5.41, 5.74) is 1.05. The summed E-state index contributed by atoms with van der Waals surface area (Å²) in [6.45, 7) is -0.428. The Bertz CT molecular complexity index is 924. The smallest absolute Gasteiger partial charge is 0.278 e. The van der Waals surface area contributed by atoms with Crippen molar-refractivity contribution in [1.82, 2.24) is 5.16 Å². The van der Waals surface area contributed by atoms with Gasteiger partial charge in [0.05, 0.1) is 27.7 Å². The molecule has 0 radical (unpaired) electrons. The van der Waals surface area contributed by atoms with Crippen molar-refractivity contribution in [2.45, 2.75) is 6.61 Å². The molecular weight excluding hydrogens is 355 g/mol. The molecule has 0 fully saturated rings. The molecule has 8 heteroatoms. The molecule has 0 aliphatic heterocycles. The summed E-state index contributed by atoms with van der Waals surface area (Å²) in [5, 5.41) is 25.7. The van der Waals surface area contributed by atoms with Crippen LogP contribution in [0.15, 0.2) is 47.0 Å². The van der Waals surface area contributed by atoms with Crippen LogP contribution in [0.1, 0.15) is 5.56 Å². The van der Waals surface area contributed by atoms with Gasteiger partial charge in [-0.15, -0.1) is 0 Å². The van der Waals surface area contributed by atoms with E-state index < -0.39 is 11.5 Å². The molecule has 6 nitrogen and oxygen atoms in total. The lowest BCUT2D eigenvalue weighted by atomic mass is 10.0. The molecule has 122 valence electrons. The molecule has 1 aromatic heterocycles. The maximum atomic E-state index is 11.2. The second kappa shape index (κ2) is 6.60. The zero-order valence-electron chi connectivity index (χ0n) is 12.1. The number of rotatable bonds is 4. The van der Waals surface area contributed by atoms with Crippen molar-refractivity contribution in [1.29, 1.82) is 0 Å². The van der Waals surface area contributed by atoms with E-state index >= 15 is 0 Å². The van der Waals surface area contributed by atoms with Gasteiger partial charge in [0, 0.05) is 16.7 Å². The minimum absolute atomic E-state index is 0.135. The quantitative estimate of drug-likeness (QED) is 0.534. The summed E-state index contributed by atoms with van der Waals surface area (Å²) in [6.07, 6.45) is 0. The highest BCUT2D eigenvalue weighted by Crippen LogP contribution is 2.39. The summed E-state index contributed by atoms with van der Waals surface area (Å²) in [5.74, 6) is 0.221. The van der Waals surface area contributed by atoms with Gasteiger partial charge in [0.15, 0.2) is 5.76 Å². The van der Waals surface area contributed by atoms with Crippen molar-refractivity contribution < 1.29 is 14.6 Å². The highest BCUT2D eigenvalue weighted by atomic mass is 35.5. The number of aromatic nitrogens is 1. The minimum atomic E-state index is -0.517. The van der Waals surface area contributed by atoms with Gasteiger partial charge < -0.3 is 9.63 Å². The van der Waals surface area contributed by atoms with E-state index in [0.29, 0.717) is 21.2 Å². The molecule has 1 heterocycles. The summed E-state index contributed by atoms with van der Waals surface area (Å²) in [6, 6.07) is 10.9. The Morgan fingerprint density at radius 3 is 2.62 bits per heavy atom. The number of para-hydroxylation sites is 1. The third-order valence-corrected chi connectivity index (χ3v) is 4.04. The zero-order valence-corrected chi connectivity index (χ0v) is 13.6. The number of hydrogen-bond donors (Lipinski definition) is 1. The van der Waals surface area contributed by atoms with E-state index in [1.54, 1.807) is 36.4 Å². The van der Waals surface area contributed by atoms with E-state index in [-0.39, 0.29) is 22.7 Å². The van der Waals surface area contributed by atoms with Gasteiger partial charge in [0.1, 0.15) is 5.69 Å². The van der Waals surface area contributed by atoms with Crippen LogP contribution in [-0.2, 0) is 6.61 Å². The maximum Gasteiger partial charge on any atom is 0.278 e. The lowest BCUT2D eigenvalue weighted by Gasteiger charge is -2.04. The first-order chi connectivity index (χ1) is 11.5. The predicted octanol–water partition coefficient (Wildman–Crippen LogP) is 4.72. The molecule has 24 heavy (non-hydrogen) atoms. The standard InChI is InChI=1S/C16H10Cl2N2O4/c17-9-5-6-13(18)11(7-9)16-12(8-21)15(19-24-16)10-3-1-2-4-14(10)20(22)23/h1-7,21H,8H2. The number of nitrogens with zero attached hydrogens (tertiary/aromatic N) is 2. The van der Waals surface area contributed by atoms with Gasteiger partial charge >= 0.3 is 0 Å². The van der Waals surface area contributed by atoms with Crippen molar-refractivity contribution in [3.05, 3.63) is 68.2 Å². The SMILES string of the molecule is O=[N+]([O-])c1ccccc1-c1noc(-c2cc(Cl)ccc2Cl)c1CO. The number of benzene rings is 2. The maximum absolute atomic E-state index is 11.2. The van der Waals surface area contributed by atoms with Gasteiger partial charge in [0.25, 0.3) is 5.69 Å².